The van der Waals surface area contributed by atoms with Crippen LogP contribution in [0.4, 0.5) is 46.2 Å². The van der Waals surface area contributed by atoms with Crippen molar-refractivity contribution in [2.75, 3.05) is 123 Å². The highest BCUT2D eigenvalue weighted by Crippen LogP contribution is 2.49. The fourth-order valence-electron chi connectivity index (χ4n) is 14.1. The van der Waals surface area contributed by atoms with Crippen LogP contribution in [0.5, 0.6) is 0 Å². The second-order valence-corrected chi connectivity index (χ2v) is 27.2. The standard InChI is InChI=1S/C73H85F7N8O8S/c1-81(35-15-36-84(4)68(92)62-27-28-66(97-62)83(3)34-14-6-9-22-64(89)82(2)42-43-85-37-29-58(30-38-85)88(69(93)94)61-21-13-11-19-59(61)51-16-7-5-8-17-51)65(90)48-95-63-46-52-18-10-12-20-60(52)70(63)31-39-86(40-32-70)41-33-71(54-23-25-57(74)26-24-54)49-87(50-96-71)67(91)53-44-55(72(75,76)77)47-56(45-53)73(78,79)80/h5,7-8,10-13,16-21,23-28,44-45,47,58,63H,6,9,14-15,22,29-43,46,48-50H2,1-4H3,(H,93,94)/t63-,71-/m0/s1. The number of anilines is 2. The topological polar surface area (TPSA) is 150 Å². The van der Waals surface area contributed by atoms with Gasteiger partial charge in [0, 0.05) is 110 Å². The van der Waals surface area contributed by atoms with Crippen LogP contribution < -0.4 is 9.80 Å². The molecule has 1 aliphatic carbocycles. The lowest BCUT2D eigenvalue weighted by Gasteiger charge is -2.44. The summed E-state index contributed by atoms with van der Waals surface area (Å²) in [5.41, 5.74) is -0.345. The summed E-state index contributed by atoms with van der Waals surface area (Å²) in [4.78, 5) is 81.8. The highest BCUT2D eigenvalue weighted by molar-refractivity contribution is 7.18. The number of thiophene rings is 1. The third-order valence-corrected chi connectivity index (χ3v) is 21.1. The SMILES string of the molecule is CN(CCN1CCC(N(C(=O)O)c2ccccc2-c2ccccc2)CC1)C(=O)CCCCCN(C)c1ccc(C(=O)N(C)CCCN(C)C(=O)CO[C@H]2Cc3ccccc3C23CCN(CC[C@@]2(c4ccc(F)cc4)CN(C(=O)c4cc(C(F)(F)F)cc(C(F)(F)F)c4)CO2)CC3)s1. The first kappa shape index (κ1) is 71.9. The van der Waals surface area contributed by atoms with Crippen molar-refractivity contribution in [2.45, 2.75) is 106 Å². The highest BCUT2D eigenvalue weighted by atomic mass is 32.1. The van der Waals surface area contributed by atoms with Crippen molar-refractivity contribution >= 4 is 51.7 Å². The smallest absolute Gasteiger partial charge is 0.416 e. The lowest BCUT2D eigenvalue weighted by Crippen LogP contribution is -2.50. The summed E-state index contributed by atoms with van der Waals surface area (Å²) >= 11 is 1.43. The number of likely N-dealkylation sites (tertiary alicyclic amines) is 2. The summed E-state index contributed by atoms with van der Waals surface area (Å²) in [6.45, 7) is 5.22. The van der Waals surface area contributed by atoms with E-state index >= 15 is 0 Å². The number of rotatable bonds is 26. The summed E-state index contributed by atoms with van der Waals surface area (Å²) in [7, 11) is 7.32. The van der Waals surface area contributed by atoms with Crippen molar-refractivity contribution in [1.82, 2.24) is 29.4 Å². The average Bonchev–Trinajstić information content (AvgIpc) is 1.62. The molecule has 4 heterocycles. The second-order valence-electron chi connectivity index (χ2n) is 26.2. The fraction of sp³-hybridized carbons (Fsp3) is 0.466. The maximum Gasteiger partial charge on any atom is 0.416 e. The molecule has 520 valence electrons. The quantitative estimate of drug-likeness (QED) is 0.0408. The first-order valence-corrected chi connectivity index (χ1v) is 34.0. The Bertz CT molecular complexity index is 3660. The molecule has 16 nitrogen and oxygen atoms in total. The van der Waals surface area contributed by atoms with Gasteiger partial charge in [-0.1, -0.05) is 91.3 Å². The van der Waals surface area contributed by atoms with E-state index in [-0.39, 0.29) is 55.5 Å². The number of fused-ring (bicyclic) bond motifs is 2. The number of carboxylic acid groups (broad SMARTS) is 1. The number of nitrogens with zero attached hydrogens (tertiary/aromatic N) is 8. The summed E-state index contributed by atoms with van der Waals surface area (Å²) in [5.74, 6) is -1.81. The highest BCUT2D eigenvalue weighted by Gasteiger charge is 2.50. The number of benzene rings is 5. The molecule has 97 heavy (non-hydrogen) atoms. The molecule has 6 aromatic rings. The van der Waals surface area contributed by atoms with E-state index in [0.717, 1.165) is 77.6 Å². The number of ether oxygens (including phenoxy) is 2. The van der Waals surface area contributed by atoms with Gasteiger partial charge in [0.2, 0.25) is 11.8 Å². The van der Waals surface area contributed by atoms with Gasteiger partial charge in [-0.3, -0.25) is 24.1 Å². The van der Waals surface area contributed by atoms with E-state index in [1.54, 1.807) is 28.8 Å². The van der Waals surface area contributed by atoms with Crippen molar-refractivity contribution in [3.05, 3.63) is 178 Å². The molecule has 0 radical (unpaired) electrons. The minimum absolute atomic E-state index is 0.0286. The summed E-state index contributed by atoms with van der Waals surface area (Å²) in [6, 6.07) is 35.5. The Balaban J connectivity index is 0.625. The molecular weight excluding hydrogens is 1280 g/mol. The van der Waals surface area contributed by atoms with Gasteiger partial charge in [-0.25, -0.2) is 9.18 Å². The van der Waals surface area contributed by atoms with Gasteiger partial charge in [0.1, 0.15) is 24.8 Å². The number of amides is 5. The number of hydrogen-bond acceptors (Lipinski definition) is 11. The van der Waals surface area contributed by atoms with Gasteiger partial charge in [0.05, 0.1) is 39.3 Å². The van der Waals surface area contributed by atoms with Gasteiger partial charge < -0.3 is 48.9 Å². The fourth-order valence-corrected chi connectivity index (χ4v) is 15.1. The molecule has 5 aromatic carbocycles. The zero-order valence-corrected chi connectivity index (χ0v) is 56.1. The number of unbranched alkanes of at least 4 members (excludes halogenated alkanes) is 2. The van der Waals surface area contributed by atoms with Crippen LogP contribution in [0, 0.1) is 5.82 Å². The summed E-state index contributed by atoms with van der Waals surface area (Å²) < 4.78 is 110. The van der Waals surface area contributed by atoms with Crippen LogP contribution in [0.2, 0.25) is 0 Å². The number of hydrogen-bond donors (Lipinski definition) is 1. The van der Waals surface area contributed by atoms with Crippen LogP contribution in [0.1, 0.15) is 112 Å². The Morgan fingerprint density at radius 2 is 1.31 bits per heavy atom. The van der Waals surface area contributed by atoms with Crippen molar-refractivity contribution < 1.29 is 69.3 Å². The third-order valence-electron chi connectivity index (χ3n) is 19.9. The number of para-hydroxylation sites is 1. The molecule has 0 bridgehead atoms. The number of likely N-dealkylation sites (N-methyl/N-ethyl adjacent to an activating group) is 2. The van der Waals surface area contributed by atoms with Crippen molar-refractivity contribution in [1.29, 1.82) is 0 Å². The Hall–Kier alpha value is -7.90. The van der Waals surface area contributed by atoms with Crippen molar-refractivity contribution in [2.24, 2.45) is 0 Å². The average molecular weight is 1370 g/mol. The maximum absolute atomic E-state index is 14.3. The molecule has 1 spiro atoms. The largest absolute Gasteiger partial charge is 0.465 e. The van der Waals surface area contributed by atoms with E-state index in [0.29, 0.717) is 112 Å². The molecule has 4 aliphatic rings. The number of carbonyl (C=O) groups excluding carboxylic acids is 4. The Kier molecular flexibility index (Phi) is 23.2. The van der Waals surface area contributed by atoms with Gasteiger partial charge in [0.25, 0.3) is 11.8 Å². The molecule has 3 saturated heterocycles. The van der Waals surface area contributed by atoms with Crippen LogP contribution in [0.15, 0.2) is 133 Å². The molecule has 10 rings (SSSR count). The molecule has 5 amide bonds. The predicted octanol–water partition coefficient (Wildman–Crippen LogP) is 13.0. The van der Waals surface area contributed by atoms with Gasteiger partial charge in [-0.15, -0.1) is 11.3 Å². The first-order chi connectivity index (χ1) is 46.3. The predicted molar refractivity (Wildman–Crippen MR) is 358 cm³/mol. The molecule has 1 N–H and O–H groups in total. The molecule has 1 aromatic heterocycles. The van der Waals surface area contributed by atoms with E-state index in [4.69, 9.17) is 9.47 Å². The van der Waals surface area contributed by atoms with Gasteiger partial charge >= 0.3 is 18.4 Å². The first-order valence-electron chi connectivity index (χ1n) is 33.2. The lowest BCUT2D eigenvalue weighted by molar-refractivity contribution is -0.143. The molecule has 3 aliphatic heterocycles. The Morgan fingerprint density at radius 1 is 0.670 bits per heavy atom. The number of piperidine rings is 2. The van der Waals surface area contributed by atoms with Crippen LogP contribution in [0.25, 0.3) is 11.1 Å². The minimum atomic E-state index is -5.15. The van der Waals surface area contributed by atoms with Crippen molar-refractivity contribution in [3.63, 3.8) is 0 Å². The number of carbonyl (C=O) groups is 5. The maximum atomic E-state index is 14.3. The minimum Gasteiger partial charge on any atom is -0.465 e. The van der Waals surface area contributed by atoms with Gasteiger partial charge in [-0.2, -0.15) is 26.3 Å². The van der Waals surface area contributed by atoms with Gasteiger partial charge in [0.15, 0.2) is 0 Å². The van der Waals surface area contributed by atoms with Crippen LogP contribution >= 0.6 is 11.3 Å². The van der Waals surface area contributed by atoms with E-state index in [9.17, 15) is 59.8 Å². The normalized spacial score (nSPS) is 18.3. The summed E-state index contributed by atoms with van der Waals surface area (Å²) in [6.07, 6.45) is -4.46. The molecule has 0 saturated carbocycles. The molecule has 24 heteroatoms. The van der Waals surface area contributed by atoms with Gasteiger partial charge in [-0.05, 0) is 142 Å². The second kappa shape index (κ2) is 31.3. The third kappa shape index (κ3) is 17.3. The molecule has 0 unspecified atom stereocenters. The van der Waals surface area contributed by atoms with E-state index in [1.165, 1.54) is 40.5 Å². The Labute approximate surface area is 566 Å². The lowest BCUT2D eigenvalue weighted by atomic mass is 9.72. The number of halogens is 7. The molecular formula is C73H85F7N8O8S. The van der Waals surface area contributed by atoms with Crippen LogP contribution in [-0.2, 0) is 48.9 Å². The van der Waals surface area contributed by atoms with Crippen molar-refractivity contribution in [3.8, 4) is 11.1 Å². The number of alkyl halides is 6. The van der Waals surface area contributed by atoms with E-state index in [2.05, 4.69) is 26.8 Å². The monoisotopic (exact) mass is 1370 g/mol. The molecule has 3 fully saturated rings. The van der Waals surface area contributed by atoms with E-state index < -0.39 is 64.6 Å². The summed E-state index contributed by atoms with van der Waals surface area (Å²) in [5, 5.41) is 11.3. The van der Waals surface area contributed by atoms with E-state index in [1.807, 2.05) is 93.0 Å². The zero-order chi connectivity index (χ0) is 69.2. The van der Waals surface area contributed by atoms with Crippen LogP contribution in [0.3, 0.4) is 0 Å². The molecule has 2 atom stereocenters. The Morgan fingerprint density at radius 3 is 2.00 bits per heavy atom. The van der Waals surface area contributed by atoms with Crippen LogP contribution in [-0.4, -0.2) is 190 Å². The zero-order valence-electron chi connectivity index (χ0n) is 55.3.